The first-order valence-corrected chi connectivity index (χ1v) is 11.1. The van der Waals surface area contributed by atoms with E-state index in [-0.39, 0.29) is 17.0 Å². The van der Waals surface area contributed by atoms with E-state index in [0.717, 1.165) is 18.4 Å². The molecule has 7 nitrogen and oxygen atoms in total. The van der Waals surface area contributed by atoms with Crippen molar-refractivity contribution in [3.05, 3.63) is 75.3 Å². The van der Waals surface area contributed by atoms with Gasteiger partial charge in [-0.2, -0.15) is 5.10 Å². The van der Waals surface area contributed by atoms with E-state index < -0.39 is 17.2 Å². The molecular formula is C25H25FN4O3. The number of aromatic carboxylic acids is 1. The van der Waals surface area contributed by atoms with Crippen LogP contribution in [-0.2, 0) is 0 Å². The second-order valence-corrected chi connectivity index (χ2v) is 8.73. The predicted molar refractivity (Wildman–Crippen MR) is 126 cm³/mol. The number of carbonyl (C=O) groups is 1. The van der Waals surface area contributed by atoms with Crippen LogP contribution in [0.15, 0.2) is 52.5 Å². The Morgan fingerprint density at radius 3 is 2.45 bits per heavy atom. The summed E-state index contributed by atoms with van der Waals surface area (Å²) in [7, 11) is 0. The molecule has 5 rings (SSSR count). The summed E-state index contributed by atoms with van der Waals surface area (Å²) in [5.74, 6) is -1.80. The van der Waals surface area contributed by atoms with E-state index in [9.17, 15) is 14.7 Å². The lowest BCUT2D eigenvalue weighted by Gasteiger charge is -2.35. The van der Waals surface area contributed by atoms with Crippen molar-refractivity contribution in [3.63, 3.8) is 0 Å². The summed E-state index contributed by atoms with van der Waals surface area (Å²) in [5, 5.41) is 16.0. The Labute approximate surface area is 190 Å². The minimum absolute atomic E-state index is 0.115. The minimum atomic E-state index is -1.29. The van der Waals surface area contributed by atoms with Gasteiger partial charge in [-0.3, -0.25) is 9.80 Å². The van der Waals surface area contributed by atoms with Gasteiger partial charge in [0.05, 0.1) is 30.5 Å². The van der Waals surface area contributed by atoms with Crippen LogP contribution in [0.3, 0.4) is 0 Å². The molecular weight excluding hydrogens is 423 g/mol. The van der Waals surface area contributed by atoms with E-state index in [1.165, 1.54) is 17.8 Å². The number of aryl methyl sites for hydroxylation is 1. The third-order valence-electron chi connectivity index (χ3n) is 6.32. The number of aromatic nitrogens is 1. The largest absolute Gasteiger partial charge is 0.477 e. The number of pyridine rings is 1. The number of hydrogen-bond donors (Lipinski definition) is 1. The molecule has 0 bridgehead atoms. The molecule has 33 heavy (non-hydrogen) atoms. The van der Waals surface area contributed by atoms with E-state index in [4.69, 9.17) is 0 Å². The number of piperazine rings is 1. The maximum atomic E-state index is 15.1. The van der Waals surface area contributed by atoms with Crippen molar-refractivity contribution in [2.24, 2.45) is 5.10 Å². The zero-order valence-electron chi connectivity index (χ0n) is 18.4. The Hall–Kier alpha value is -3.68. The highest BCUT2D eigenvalue weighted by Gasteiger charge is 2.28. The molecule has 2 fully saturated rings. The normalized spacial score (nSPS) is 16.7. The van der Waals surface area contributed by atoms with E-state index >= 15 is 4.39 Å². The molecule has 170 valence electrons. The number of hydrogen-bond acceptors (Lipinski definition) is 5. The first-order valence-electron chi connectivity index (χ1n) is 11.1. The van der Waals surface area contributed by atoms with Crippen LogP contribution >= 0.6 is 0 Å². The van der Waals surface area contributed by atoms with Crippen molar-refractivity contribution in [1.82, 2.24) is 9.58 Å². The second kappa shape index (κ2) is 8.35. The van der Waals surface area contributed by atoms with E-state index in [1.54, 1.807) is 6.07 Å². The number of halogens is 1. The molecule has 0 amide bonds. The van der Waals surface area contributed by atoms with Crippen molar-refractivity contribution in [1.29, 1.82) is 0 Å². The zero-order valence-corrected chi connectivity index (χ0v) is 18.4. The molecule has 0 radical (unpaired) electrons. The SMILES string of the molecule is Cc1ccc(/C=N/N2CCN(c3cc4c(cc3F)c(=O)c(C(=O)O)cn4C3CC3)CC2)cc1. The predicted octanol–water partition coefficient (Wildman–Crippen LogP) is 3.64. The van der Waals surface area contributed by atoms with E-state index in [2.05, 4.69) is 5.10 Å². The summed E-state index contributed by atoms with van der Waals surface area (Å²) in [5.41, 5.74) is 2.29. The molecule has 1 aliphatic heterocycles. The van der Waals surface area contributed by atoms with Crippen LogP contribution in [0.4, 0.5) is 10.1 Å². The van der Waals surface area contributed by atoms with Crippen LogP contribution in [0.5, 0.6) is 0 Å². The lowest BCUT2D eigenvalue weighted by Crippen LogP contribution is -2.44. The van der Waals surface area contributed by atoms with Crippen LogP contribution in [0.2, 0.25) is 0 Å². The molecule has 1 N–H and O–H groups in total. The average Bonchev–Trinajstić information content (AvgIpc) is 3.64. The average molecular weight is 448 g/mol. The summed E-state index contributed by atoms with van der Waals surface area (Å²) in [4.78, 5) is 26.1. The van der Waals surface area contributed by atoms with Crippen LogP contribution in [0, 0.1) is 12.7 Å². The Balaban J connectivity index is 1.39. The van der Waals surface area contributed by atoms with Crippen LogP contribution < -0.4 is 10.3 Å². The first kappa shape index (κ1) is 21.2. The number of rotatable bonds is 5. The van der Waals surface area contributed by atoms with Crippen molar-refractivity contribution in [2.45, 2.75) is 25.8 Å². The Morgan fingerprint density at radius 2 is 1.82 bits per heavy atom. The number of carboxylic acid groups (broad SMARTS) is 1. The molecule has 1 aliphatic carbocycles. The van der Waals surface area contributed by atoms with Gasteiger partial charge in [-0.1, -0.05) is 29.8 Å². The van der Waals surface area contributed by atoms with Gasteiger partial charge in [0.2, 0.25) is 5.43 Å². The maximum Gasteiger partial charge on any atom is 0.341 e. The summed E-state index contributed by atoms with van der Waals surface area (Å²) in [6.45, 7) is 4.52. The van der Waals surface area contributed by atoms with E-state index in [1.807, 2.05) is 51.9 Å². The lowest BCUT2D eigenvalue weighted by atomic mass is 10.1. The molecule has 0 atom stereocenters. The van der Waals surface area contributed by atoms with Gasteiger partial charge in [-0.05, 0) is 37.5 Å². The molecule has 2 aliphatic rings. The summed E-state index contributed by atoms with van der Waals surface area (Å²) >= 11 is 0. The van der Waals surface area contributed by atoms with Gasteiger partial charge in [0, 0.05) is 30.7 Å². The number of anilines is 1. The molecule has 1 aromatic heterocycles. The van der Waals surface area contributed by atoms with Gasteiger partial charge in [0.25, 0.3) is 0 Å². The standard InChI is InChI=1S/C25H25FN4O3/c1-16-2-4-17(5-3-16)14-27-29-10-8-28(9-11-29)23-13-22-19(12-21(23)26)24(31)20(25(32)33)15-30(22)18-6-7-18/h2-5,12-15,18H,6-11H2,1H3,(H,32,33)/b27-14+. The van der Waals surface area contributed by atoms with Crippen LogP contribution in [0.1, 0.15) is 40.4 Å². The highest BCUT2D eigenvalue weighted by atomic mass is 19.1. The van der Waals surface area contributed by atoms with Crippen molar-refractivity contribution >= 4 is 28.8 Å². The molecule has 1 saturated heterocycles. The maximum absolute atomic E-state index is 15.1. The smallest absolute Gasteiger partial charge is 0.341 e. The number of fused-ring (bicyclic) bond motifs is 1. The van der Waals surface area contributed by atoms with Crippen LogP contribution in [0.25, 0.3) is 10.9 Å². The van der Waals surface area contributed by atoms with Crippen molar-refractivity contribution < 1.29 is 14.3 Å². The summed E-state index contributed by atoms with van der Waals surface area (Å²) < 4.78 is 16.9. The third-order valence-corrected chi connectivity index (χ3v) is 6.32. The molecule has 8 heteroatoms. The molecule has 0 spiro atoms. The monoisotopic (exact) mass is 448 g/mol. The summed E-state index contributed by atoms with van der Waals surface area (Å²) in [6, 6.07) is 11.2. The number of hydrazone groups is 1. The fourth-order valence-electron chi connectivity index (χ4n) is 4.26. The molecule has 1 saturated carbocycles. The van der Waals surface area contributed by atoms with Crippen LogP contribution in [-0.4, -0.2) is 53.0 Å². The molecule has 0 unspecified atom stereocenters. The van der Waals surface area contributed by atoms with Gasteiger partial charge in [-0.15, -0.1) is 0 Å². The highest BCUT2D eigenvalue weighted by molar-refractivity contribution is 5.93. The highest BCUT2D eigenvalue weighted by Crippen LogP contribution is 2.38. The van der Waals surface area contributed by atoms with Gasteiger partial charge in [-0.25, -0.2) is 9.18 Å². The van der Waals surface area contributed by atoms with E-state index in [0.29, 0.717) is 37.4 Å². The third kappa shape index (κ3) is 4.20. The first-order chi connectivity index (χ1) is 15.9. The van der Waals surface area contributed by atoms with Gasteiger partial charge >= 0.3 is 5.97 Å². The van der Waals surface area contributed by atoms with Crippen molar-refractivity contribution in [2.75, 3.05) is 31.1 Å². The number of nitrogens with zero attached hydrogens (tertiary/aromatic N) is 4. The summed E-state index contributed by atoms with van der Waals surface area (Å²) in [6.07, 6.45) is 5.08. The Bertz CT molecular complexity index is 1300. The number of benzene rings is 2. The number of carboxylic acids is 1. The molecule has 2 aromatic carbocycles. The Kier molecular flexibility index (Phi) is 5.36. The minimum Gasteiger partial charge on any atom is -0.477 e. The quantitative estimate of drug-likeness (QED) is 0.603. The Morgan fingerprint density at radius 1 is 1.12 bits per heavy atom. The molecule has 3 aromatic rings. The second-order valence-electron chi connectivity index (χ2n) is 8.73. The fraction of sp³-hybridized carbons (Fsp3) is 0.320. The van der Waals surface area contributed by atoms with Gasteiger partial charge < -0.3 is 14.6 Å². The molecule has 2 heterocycles. The van der Waals surface area contributed by atoms with Gasteiger partial charge in [0.1, 0.15) is 11.4 Å². The van der Waals surface area contributed by atoms with Gasteiger partial charge in [0.15, 0.2) is 0 Å². The van der Waals surface area contributed by atoms with Crippen molar-refractivity contribution in [3.8, 4) is 0 Å². The zero-order chi connectivity index (χ0) is 23.1. The topological polar surface area (TPSA) is 78.1 Å². The fourth-order valence-corrected chi connectivity index (χ4v) is 4.26. The lowest BCUT2D eigenvalue weighted by molar-refractivity contribution is 0.0695.